The molecule has 7 unspecified atom stereocenters. The van der Waals surface area contributed by atoms with Crippen molar-refractivity contribution in [1.82, 2.24) is 0 Å². The molecule has 7 fully saturated rings. The van der Waals surface area contributed by atoms with Crippen molar-refractivity contribution in [2.75, 3.05) is 13.2 Å². The maximum Gasteiger partial charge on any atom is 0.338 e. The Bertz CT molecular complexity index is 801. The van der Waals surface area contributed by atoms with Crippen molar-refractivity contribution in [3.8, 4) is 0 Å². The van der Waals surface area contributed by atoms with Gasteiger partial charge in [-0.05, 0) is 65.7 Å². The topological polar surface area (TPSA) is 89.5 Å². The molecule has 7 aliphatic rings. The first-order valence-corrected chi connectivity index (χ1v) is 12.1. The van der Waals surface area contributed by atoms with Gasteiger partial charge in [0.25, 0.3) is 0 Å². The molecule has 7 atom stereocenters. The molecule has 8 heteroatoms. The van der Waals surface area contributed by atoms with Gasteiger partial charge >= 0.3 is 11.9 Å². The first-order chi connectivity index (χ1) is 15.1. The second-order valence-electron chi connectivity index (χ2n) is 11.8. The number of carbonyl (C=O) groups is 2. The van der Waals surface area contributed by atoms with E-state index in [0.29, 0.717) is 19.1 Å². The standard InChI is InChI=1S/C24H34O8/c1-5-27-17-15-16(29-19(17)25)18-20(30-15)32-24(31-18)13-6-12-7-14(24)10-23(8-12,9-13)11-28-21(26)22(2,3)4/h12-18,20H,5-11H2,1-4H3. The van der Waals surface area contributed by atoms with Gasteiger partial charge in [0.1, 0.15) is 6.10 Å². The summed E-state index contributed by atoms with van der Waals surface area (Å²) in [4.78, 5) is 24.7. The highest BCUT2D eigenvalue weighted by Crippen LogP contribution is 2.67. The summed E-state index contributed by atoms with van der Waals surface area (Å²) < 4.78 is 36.4. The molecule has 0 radical (unpaired) electrons. The van der Waals surface area contributed by atoms with Gasteiger partial charge in [-0.1, -0.05) is 0 Å². The summed E-state index contributed by atoms with van der Waals surface area (Å²) in [5.41, 5.74) is -0.485. The smallest absolute Gasteiger partial charge is 0.338 e. The number of carbonyl (C=O) groups excluding carboxylic acids is 2. The third-order valence-electron chi connectivity index (χ3n) is 8.53. The molecule has 4 bridgehead atoms. The highest BCUT2D eigenvalue weighted by molar-refractivity contribution is 5.78. The summed E-state index contributed by atoms with van der Waals surface area (Å²) in [5, 5.41) is 0. The molecule has 32 heavy (non-hydrogen) atoms. The number of hydrogen-bond acceptors (Lipinski definition) is 8. The highest BCUT2D eigenvalue weighted by atomic mass is 16.9. The average molecular weight is 451 g/mol. The molecular weight excluding hydrogens is 416 g/mol. The van der Waals surface area contributed by atoms with Gasteiger partial charge in [-0.2, -0.15) is 0 Å². The van der Waals surface area contributed by atoms with Crippen molar-refractivity contribution in [3.63, 3.8) is 0 Å². The van der Waals surface area contributed by atoms with Gasteiger partial charge in [-0.15, -0.1) is 0 Å². The van der Waals surface area contributed by atoms with Crippen LogP contribution in [0.2, 0.25) is 0 Å². The minimum Gasteiger partial charge on any atom is -0.465 e. The van der Waals surface area contributed by atoms with Crippen LogP contribution in [0, 0.1) is 28.6 Å². The number of rotatable bonds is 4. The molecule has 1 spiro atoms. The third kappa shape index (κ3) is 2.95. The fourth-order valence-corrected chi connectivity index (χ4v) is 7.43. The molecule has 0 aromatic rings. The van der Waals surface area contributed by atoms with E-state index in [1.165, 1.54) is 0 Å². The van der Waals surface area contributed by atoms with Crippen molar-refractivity contribution in [2.45, 2.75) is 96.3 Å². The van der Waals surface area contributed by atoms with E-state index < -0.39 is 41.9 Å². The van der Waals surface area contributed by atoms with Crippen molar-refractivity contribution >= 4 is 11.9 Å². The van der Waals surface area contributed by atoms with Crippen LogP contribution >= 0.6 is 0 Å². The molecule has 3 heterocycles. The highest BCUT2D eigenvalue weighted by Gasteiger charge is 2.72. The van der Waals surface area contributed by atoms with Crippen LogP contribution in [0.3, 0.4) is 0 Å². The molecule has 3 saturated heterocycles. The van der Waals surface area contributed by atoms with Gasteiger partial charge in [-0.25, -0.2) is 4.79 Å². The zero-order valence-electron chi connectivity index (χ0n) is 19.3. The predicted molar refractivity (Wildman–Crippen MR) is 109 cm³/mol. The zero-order chi connectivity index (χ0) is 22.5. The SMILES string of the molecule is CCOC1C(=O)OC2C3OC4(OC3OC12)C1CC2CC4CC(COC(=O)C(C)(C)C)(C2)C1. The number of hydrogen-bond donors (Lipinski definition) is 0. The molecule has 8 nitrogen and oxygen atoms in total. The monoisotopic (exact) mass is 450 g/mol. The Labute approximate surface area is 188 Å². The molecule has 0 N–H and O–H groups in total. The van der Waals surface area contributed by atoms with E-state index in [0.717, 1.165) is 32.1 Å². The number of esters is 2. The lowest BCUT2D eigenvalue weighted by Crippen LogP contribution is -2.63. The molecule has 4 saturated carbocycles. The van der Waals surface area contributed by atoms with Gasteiger partial charge in [-0.3, -0.25) is 4.79 Å². The van der Waals surface area contributed by atoms with E-state index in [2.05, 4.69) is 0 Å². The van der Waals surface area contributed by atoms with Crippen LogP contribution in [0.15, 0.2) is 0 Å². The molecule has 0 aromatic carbocycles. The van der Waals surface area contributed by atoms with E-state index >= 15 is 0 Å². The fourth-order valence-electron chi connectivity index (χ4n) is 7.43. The van der Waals surface area contributed by atoms with E-state index in [1.807, 2.05) is 27.7 Å². The van der Waals surface area contributed by atoms with Gasteiger partial charge in [0.2, 0.25) is 0 Å². The molecule has 4 aliphatic carbocycles. The maximum atomic E-state index is 12.4. The summed E-state index contributed by atoms with van der Waals surface area (Å²) in [7, 11) is 0. The Morgan fingerprint density at radius 3 is 2.44 bits per heavy atom. The van der Waals surface area contributed by atoms with Crippen molar-refractivity contribution in [2.24, 2.45) is 28.6 Å². The van der Waals surface area contributed by atoms with E-state index in [-0.39, 0.29) is 29.2 Å². The van der Waals surface area contributed by atoms with Crippen molar-refractivity contribution in [3.05, 3.63) is 0 Å². The molecule has 178 valence electrons. The minimum absolute atomic E-state index is 0.0103. The van der Waals surface area contributed by atoms with Crippen LogP contribution in [-0.4, -0.2) is 61.6 Å². The Kier molecular flexibility index (Phi) is 4.60. The molecule has 0 amide bonds. The van der Waals surface area contributed by atoms with E-state index in [4.69, 9.17) is 28.4 Å². The van der Waals surface area contributed by atoms with Crippen molar-refractivity contribution < 1.29 is 38.0 Å². The van der Waals surface area contributed by atoms with Gasteiger partial charge in [0.05, 0.1) is 12.0 Å². The first-order valence-electron chi connectivity index (χ1n) is 12.1. The van der Waals surface area contributed by atoms with Crippen LogP contribution < -0.4 is 0 Å². The van der Waals surface area contributed by atoms with Crippen LogP contribution in [0.1, 0.15) is 59.8 Å². The summed E-state index contributed by atoms with van der Waals surface area (Å²) in [6.45, 7) is 8.42. The minimum atomic E-state index is -0.710. The number of ether oxygens (including phenoxy) is 6. The van der Waals surface area contributed by atoms with E-state index in [1.54, 1.807) is 0 Å². The molecule has 0 aromatic heterocycles. The van der Waals surface area contributed by atoms with Crippen LogP contribution in [-0.2, 0) is 38.0 Å². The third-order valence-corrected chi connectivity index (χ3v) is 8.53. The van der Waals surface area contributed by atoms with Crippen LogP contribution in [0.25, 0.3) is 0 Å². The van der Waals surface area contributed by atoms with Gasteiger partial charge < -0.3 is 28.4 Å². The quantitative estimate of drug-likeness (QED) is 0.604. The Morgan fingerprint density at radius 1 is 1.06 bits per heavy atom. The lowest BCUT2D eigenvalue weighted by molar-refractivity contribution is -0.337. The first kappa shape index (κ1) is 21.3. The Balaban J connectivity index is 1.18. The molecular formula is C24H34O8. The normalized spacial score (nSPS) is 50.6. The van der Waals surface area contributed by atoms with Gasteiger partial charge in [0.15, 0.2) is 30.4 Å². The molecule has 3 aliphatic heterocycles. The summed E-state index contributed by atoms with van der Waals surface area (Å²) in [6.07, 6.45) is 2.44. The predicted octanol–water partition coefficient (Wildman–Crippen LogP) is 2.57. The van der Waals surface area contributed by atoms with Crippen molar-refractivity contribution in [1.29, 1.82) is 0 Å². The number of fused-ring (bicyclic) bond motifs is 3. The van der Waals surface area contributed by atoms with Crippen LogP contribution in [0.4, 0.5) is 0 Å². The zero-order valence-corrected chi connectivity index (χ0v) is 19.3. The summed E-state index contributed by atoms with van der Waals surface area (Å²) in [5.74, 6) is -0.138. The Hall–Kier alpha value is -1.22. The largest absolute Gasteiger partial charge is 0.465 e. The lowest BCUT2D eigenvalue weighted by atomic mass is 9.47. The van der Waals surface area contributed by atoms with Gasteiger partial charge in [0, 0.05) is 23.9 Å². The van der Waals surface area contributed by atoms with Crippen LogP contribution in [0.5, 0.6) is 0 Å². The average Bonchev–Trinajstić information content (AvgIpc) is 3.33. The maximum absolute atomic E-state index is 12.4. The Morgan fingerprint density at radius 2 is 1.78 bits per heavy atom. The van der Waals surface area contributed by atoms with E-state index in [9.17, 15) is 9.59 Å². The lowest BCUT2D eigenvalue weighted by Gasteiger charge is -2.62. The molecule has 7 rings (SSSR count). The summed E-state index contributed by atoms with van der Waals surface area (Å²) >= 11 is 0. The fraction of sp³-hybridized carbons (Fsp3) is 0.917. The second kappa shape index (κ2) is 6.90. The summed E-state index contributed by atoms with van der Waals surface area (Å²) in [6, 6.07) is 0. The second-order valence-corrected chi connectivity index (χ2v) is 11.8.